The number of hydrogen-bond acceptors (Lipinski definition) is 10. The normalized spacial score (nSPS) is 16.9. The van der Waals surface area contributed by atoms with Gasteiger partial charge in [0.2, 0.25) is 21.9 Å². The lowest BCUT2D eigenvalue weighted by atomic mass is 10.2. The van der Waals surface area contributed by atoms with E-state index in [1.807, 2.05) is 24.3 Å². The minimum Gasteiger partial charge on any atom is -0.384 e. The van der Waals surface area contributed by atoms with Gasteiger partial charge in [0.1, 0.15) is 5.65 Å². The van der Waals surface area contributed by atoms with Crippen molar-refractivity contribution in [2.75, 3.05) is 88.6 Å². The average Bonchev–Trinajstić information content (AvgIpc) is 3.03. The number of sulfonamides is 1. The molecule has 2 aliphatic rings. The van der Waals surface area contributed by atoms with E-state index in [0.29, 0.717) is 64.0 Å². The number of nitrogens with zero attached hydrogens (tertiary/aromatic N) is 7. The van der Waals surface area contributed by atoms with Crippen LogP contribution in [0.15, 0.2) is 60.0 Å². The van der Waals surface area contributed by atoms with Gasteiger partial charge in [-0.15, -0.1) is 0 Å². The lowest BCUT2D eigenvalue weighted by Gasteiger charge is -2.35. The molecule has 5 rings (SSSR count). The number of pyridine rings is 1. The van der Waals surface area contributed by atoms with E-state index in [4.69, 9.17) is 4.74 Å². The van der Waals surface area contributed by atoms with Crippen LogP contribution < -0.4 is 15.8 Å². The molecule has 2 saturated heterocycles. The fourth-order valence-corrected chi connectivity index (χ4v) is 6.69. The average molecular weight is 611 g/mol. The first-order chi connectivity index (χ1) is 20.8. The van der Waals surface area contributed by atoms with Crippen molar-refractivity contribution < 1.29 is 17.9 Å². The number of fused-ring (bicyclic) bond motifs is 1. The first-order valence-corrected chi connectivity index (χ1v) is 16.0. The van der Waals surface area contributed by atoms with Crippen LogP contribution in [0.1, 0.15) is 0 Å². The van der Waals surface area contributed by atoms with E-state index >= 15 is 0 Å². The summed E-state index contributed by atoms with van der Waals surface area (Å²) < 4.78 is 33.0. The first kappa shape index (κ1) is 30.6. The van der Waals surface area contributed by atoms with Crippen molar-refractivity contribution in [1.82, 2.24) is 28.6 Å². The number of carbonyl (C=O) groups excluding carboxylic acids is 1. The van der Waals surface area contributed by atoms with Gasteiger partial charge in [0.05, 0.1) is 12.4 Å². The summed E-state index contributed by atoms with van der Waals surface area (Å²) in [7, 11) is -1.81. The zero-order chi connectivity index (χ0) is 30.4. The number of ether oxygens (including phenoxy) is 1. The maximum absolute atomic E-state index is 12.8. The van der Waals surface area contributed by atoms with Gasteiger partial charge in [-0.25, -0.2) is 13.4 Å². The molecular formula is C29H38N8O5S. The lowest BCUT2D eigenvalue weighted by Crippen LogP contribution is -2.49. The Morgan fingerprint density at radius 1 is 1.00 bits per heavy atom. The van der Waals surface area contributed by atoms with Gasteiger partial charge < -0.3 is 19.9 Å². The Balaban J connectivity index is 1.21. The number of benzene rings is 1. The standard InChI is InChI=1S/C29H38N8O5S/c1-3-26(38)35-13-10-33(11-14-35)12-19-37-27(39)9-4-23-22-30-29(32-28(23)37)31-24-5-7-25(8-6-24)34-15-17-36(18-16-34)43(40,41)21-20-42-2/h3-9,22H,1,10-21H2,2H3,(H,30,31,32). The van der Waals surface area contributed by atoms with Crippen molar-refractivity contribution in [3.05, 3.63) is 65.6 Å². The number of methoxy groups -OCH3 is 1. The predicted molar refractivity (Wildman–Crippen MR) is 166 cm³/mol. The van der Waals surface area contributed by atoms with Crippen molar-refractivity contribution >= 4 is 44.3 Å². The van der Waals surface area contributed by atoms with Crippen LogP contribution >= 0.6 is 0 Å². The van der Waals surface area contributed by atoms with Gasteiger partial charge in [-0.2, -0.15) is 9.29 Å². The number of piperazine rings is 2. The summed E-state index contributed by atoms with van der Waals surface area (Å²) in [5, 5.41) is 4.00. The maximum Gasteiger partial charge on any atom is 0.252 e. The highest BCUT2D eigenvalue weighted by molar-refractivity contribution is 7.89. The third-order valence-corrected chi connectivity index (χ3v) is 9.72. The van der Waals surface area contributed by atoms with Crippen LogP contribution in [-0.2, 0) is 26.1 Å². The van der Waals surface area contributed by atoms with Gasteiger partial charge in [0.15, 0.2) is 0 Å². The van der Waals surface area contributed by atoms with Gasteiger partial charge in [-0.1, -0.05) is 6.58 Å². The van der Waals surface area contributed by atoms with Crippen LogP contribution in [0, 0.1) is 0 Å². The highest BCUT2D eigenvalue weighted by Gasteiger charge is 2.26. The molecule has 1 amide bonds. The van der Waals surface area contributed by atoms with E-state index in [-0.39, 0.29) is 23.8 Å². The van der Waals surface area contributed by atoms with Crippen LogP contribution in [0.2, 0.25) is 0 Å². The molecule has 0 bridgehead atoms. The van der Waals surface area contributed by atoms with Crippen LogP contribution in [0.5, 0.6) is 0 Å². The second-order valence-electron chi connectivity index (χ2n) is 10.5. The molecule has 4 heterocycles. The van der Waals surface area contributed by atoms with Crippen LogP contribution in [0.4, 0.5) is 17.3 Å². The van der Waals surface area contributed by atoms with E-state index in [9.17, 15) is 18.0 Å². The summed E-state index contributed by atoms with van der Waals surface area (Å²) in [6.07, 6.45) is 3.05. The fourth-order valence-electron chi connectivity index (χ4n) is 5.34. The van der Waals surface area contributed by atoms with E-state index in [2.05, 4.69) is 31.7 Å². The van der Waals surface area contributed by atoms with Crippen LogP contribution in [-0.4, -0.2) is 121 Å². The summed E-state index contributed by atoms with van der Waals surface area (Å²) >= 11 is 0. The predicted octanol–water partition coefficient (Wildman–Crippen LogP) is 0.964. The molecule has 14 heteroatoms. The molecule has 0 spiro atoms. The molecular weight excluding hydrogens is 572 g/mol. The molecule has 2 fully saturated rings. The third kappa shape index (κ3) is 7.39. The molecule has 230 valence electrons. The lowest BCUT2D eigenvalue weighted by molar-refractivity contribution is -0.127. The topological polar surface area (TPSA) is 133 Å². The largest absolute Gasteiger partial charge is 0.384 e. The molecule has 2 aliphatic heterocycles. The zero-order valence-corrected chi connectivity index (χ0v) is 25.2. The maximum atomic E-state index is 12.8. The minimum atomic E-state index is -3.31. The monoisotopic (exact) mass is 610 g/mol. The Morgan fingerprint density at radius 2 is 1.72 bits per heavy atom. The second-order valence-corrected chi connectivity index (χ2v) is 12.6. The number of nitrogens with one attached hydrogen (secondary N) is 1. The smallest absolute Gasteiger partial charge is 0.252 e. The SMILES string of the molecule is C=CC(=O)N1CCN(CCn2c(=O)ccc3cnc(Nc4ccc(N5CCN(S(=O)(=O)CCOC)CC5)cc4)nc32)CC1. The molecule has 0 aliphatic carbocycles. The van der Waals surface area contributed by atoms with Crippen molar-refractivity contribution in [2.45, 2.75) is 6.54 Å². The van der Waals surface area contributed by atoms with E-state index in [1.54, 1.807) is 21.7 Å². The molecule has 3 aromatic rings. The number of anilines is 3. The molecule has 0 saturated carbocycles. The van der Waals surface area contributed by atoms with Crippen molar-refractivity contribution in [3.8, 4) is 0 Å². The van der Waals surface area contributed by atoms with Gasteiger partial charge in [0, 0.05) is 102 Å². The highest BCUT2D eigenvalue weighted by atomic mass is 32.2. The summed E-state index contributed by atoms with van der Waals surface area (Å²) in [6, 6.07) is 11.1. The minimum absolute atomic E-state index is 0.00622. The van der Waals surface area contributed by atoms with Crippen molar-refractivity contribution in [3.63, 3.8) is 0 Å². The first-order valence-electron chi connectivity index (χ1n) is 14.4. The number of carbonyl (C=O) groups is 1. The molecule has 0 radical (unpaired) electrons. The summed E-state index contributed by atoms with van der Waals surface area (Å²) in [4.78, 5) is 40.0. The molecule has 0 unspecified atom stereocenters. The number of amides is 1. The number of aromatic nitrogens is 3. The van der Waals surface area contributed by atoms with Crippen LogP contribution in [0.25, 0.3) is 11.0 Å². The summed E-state index contributed by atoms with van der Waals surface area (Å²) in [6.45, 7) is 9.70. The molecule has 2 aromatic heterocycles. The van der Waals surface area contributed by atoms with E-state index < -0.39 is 10.0 Å². The molecule has 13 nitrogen and oxygen atoms in total. The van der Waals surface area contributed by atoms with Crippen molar-refractivity contribution in [2.24, 2.45) is 0 Å². The summed E-state index contributed by atoms with van der Waals surface area (Å²) in [5.41, 5.74) is 2.22. The summed E-state index contributed by atoms with van der Waals surface area (Å²) in [5.74, 6) is 0.320. The van der Waals surface area contributed by atoms with E-state index in [0.717, 1.165) is 29.9 Å². The molecule has 43 heavy (non-hydrogen) atoms. The molecule has 0 atom stereocenters. The van der Waals surface area contributed by atoms with Gasteiger partial charge in [-0.3, -0.25) is 19.1 Å². The Morgan fingerprint density at radius 3 is 2.40 bits per heavy atom. The Labute approximate surface area is 251 Å². The second kappa shape index (κ2) is 13.6. The van der Waals surface area contributed by atoms with Crippen molar-refractivity contribution in [1.29, 1.82) is 0 Å². The Hall–Kier alpha value is -3.85. The fraction of sp³-hybridized carbons (Fsp3) is 0.448. The highest BCUT2D eigenvalue weighted by Crippen LogP contribution is 2.22. The molecule has 1 N–H and O–H groups in total. The van der Waals surface area contributed by atoms with E-state index in [1.165, 1.54) is 23.6 Å². The van der Waals surface area contributed by atoms with Gasteiger partial charge in [0.25, 0.3) is 5.56 Å². The van der Waals surface area contributed by atoms with Crippen LogP contribution in [0.3, 0.4) is 0 Å². The number of rotatable bonds is 11. The number of hydrogen-bond donors (Lipinski definition) is 1. The van der Waals surface area contributed by atoms with Gasteiger partial charge >= 0.3 is 0 Å². The third-order valence-electron chi connectivity index (χ3n) is 7.89. The molecule has 1 aromatic carbocycles. The zero-order valence-electron chi connectivity index (χ0n) is 24.4. The Kier molecular flexibility index (Phi) is 9.70. The quantitative estimate of drug-likeness (QED) is 0.313. The van der Waals surface area contributed by atoms with Gasteiger partial charge in [-0.05, 0) is 36.4 Å². The Bertz CT molecular complexity index is 1600.